The van der Waals surface area contributed by atoms with E-state index in [0.717, 1.165) is 12.8 Å². The summed E-state index contributed by atoms with van der Waals surface area (Å²) in [5, 5.41) is 0. The van der Waals surface area contributed by atoms with Gasteiger partial charge in [0.2, 0.25) is 10.0 Å². The predicted molar refractivity (Wildman–Crippen MR) is 93.9 cm³/mol. The van der Waals surface area contributed by atoms with Gasteiger partial charge in [-0.25, -0.2) is 8.42 Å². The maximum Gasteiger partial charge on any atom is 0.254 e. The lowest BCUT2D eigenvalue weighted by molar-refractivity contribution is 0.0728. The van der Waals surface area contributed by atoms with Gasteiger partial charge in [0.25, 0.3) is 5.91 Å². The van der Waals surface area contributed by atoms with E-state index in [2.05, 4.69) is 0 Å². The quantitative estimate of drug-likeness (QED) is 0.840. The lowest BCUT2D eigenvalue weighted by Gasteiger charge is -2.27. The Morgan fingerprint density at radius 1 is 1.28 bits per heavy atom. The summed E-state index contributed by atoms with van der Waals surface area (Å²) < 4.78 is 32.6. The van der Waals surface area contributed by atoms with Gasteiger partial charge in [0.05, 0.1) is 18.1 Å². The average molecular weight is 367 g/mol. The minimum atomic E-state index is -3.63. The standard InChI is InChI=1S/C17H25N3O4S/c1-13-4-5-14(17(21)20-6-2-3-15(20)12-18)11-16(13)25(22,23)19-7-9-24-10-8-19/h4-5,11,15H,2-3,6-10,12,18H2,1H3. The Labute approximate surface area is 148 Å². The van der Waals surface area contributed by atoms with Crippen molar-refractivity contribution in [1.82, 2.24) is 9.21 Å². The van der Waals surface area contributed by atoms with Gasteiger partial charge in [-0.2, -0.15) is 4.31 Å². The molecule has 3 rings (SSSR count). The molecule has 8 heteroatoms. The minimum Gasteiger partial charge on any atom is -0.379 e. The van der Waals surface area contributed by atoms with Crippen LogP contribution in [0.25, 0.3) is 0 Å². The van der Waals surface area contributed by atoms with E-state index in [-0.39, 0.29) is 16.8 Å². The van der Waals surface area contributed by atoms with Crippen molar-refractivity contribution in [3.63, 3.8) is 0 Å². The molecule has 1 aromatic carbocycles. The molecule has 0 aromatic heterocycles. The van der Waals surface area contributed by atoms with Crippen molar-refractivity contribution in [2.75, 3.05) is 39.4 Å². The minimum absolute atomic E-state index is 0.0353. The van der Waals surface area contributed by atoms with E-state index in [1.165, 1.54) is 10.4 Å². The van der Waals surface area contributed by atoms with Crippen LogP contribution in [0.15, 0.2) is 23.1 Å². The molecule has 2 aliphatic heterocycles. The summed E-state index contributed by atoms with van der Waals surface area (Å²) in [5.74, 6) is -0.147. The Hall–Kier alpha value is -1.48. The number of aryl methyl sites for hydroxylation is 1. The molecule has 2 saturated heterocycles. The third-order valence-corrected chi connectivity index (χ3v) is 6.97. The molecular formula is C17H25N3O4S. The molecule has 2 fully saturated rings. The summed E-state index contributed by atoms with van der Waals surface area (Å²) in [5.41, 5.74) is 6.79. The number of nitrogens with two attached hydrogens (primary N) is 1. The second-order valence-corrected chi connectivity index (χ2v) is 8.43. The lowest BCUT2D eigenvalue weighted by Crippen LogP contribution is -2.41. The number of sulfonamides is 1. The molecule has 1 atom stereocenters. The third-order valence-electron chi connectivity index (χ3n) is 4.93. The zero-order chi connectivity index (χ0) is 18.0. The first-order valence-corrected chi connectivity index (χ1v) is 10.1. The maximum absolute atomic E-state index is 13.0. The highest BCUT2D eigenvalue weighted by Crippen LogP contribution is 2.25. The fourth-order valence-corrected chi connectivity index (χ4v) is 5.11. The Balaban J connectivity index is 1.91. The summed E-state index contributed by atoms with van der Waals surface area (Å²) in [6.07, 6.45) is 1.82. The van der Waals surface area contributed by atoms with Crippen LogP contribution in [0.4, 0.5) is 0 Å². The molecule has 2 aliphatic rings. The van der Waals surface area contributed by atoms with Crippen LogP contribution < -0.4 is 5.73 Å². The number of ether oxygens (including phenoxy) is 1. The van der Waals surface area contributed by atoms with Gasteiger partial charge < -0.3 is 15.4 Å². The molecule has 25 heavy (non-hydrogen) atoms. The molecule has 1 unspecified atom stereocenters. The molecule has 0 spiro atoms. The second kappa shape index (κ2) is 7.41. The Morgan fingerprint density at radius 3 is 2.68 bits per heavy atom. The van der Waals surface area contributed by atoms with E-state index in [9.17, 15) is 13.2 Å². The number of carbonyl (C=O) groups excluding carboxylic acids is 1. The smallest absolute Gasteiger partial charge is 0.254 e. The SMILES string of the molecule is Cc1ccc(C(=O)N2CCCC2CN)cc1S(=O)(=O)N1CCOCC1. The average Bonchev–Trinajstić information content (AvgIpc) is 3.11. The highest BCUT2D eigenvalue weighted by Gasteiger charge is 2.31. The van der Waals surface area contributed by atoms with E-state index in [0.29, 0.717) is 50.5 Å². The van der Waals surface area contributed by atoms with E-state index in [4.69, 9.17) is 10.5 Å². The molecule has 7 nitrogen and oxygen atoms in total. The van der Waals surface area contributed by atoms with Crippen molar-refractivity contribution in [3.05, 3.63) is 29.3 Å². The number of likely N-dealkylation sites (tertiary alicyclic amines) is 1. The number of rotatable bonds is 4. The highest BCUT2D eigenvalue weighted by atomic mass is 32.2. The van der Waals surface area contributed by atoms with Gasteiger partial charge in [0.15, 0.2) is 0 Å². The number of benzene rings is 1. The van der Waals surface area contributed by atoms with Crippen LogP contribution in [-0.4, -0.2) is 69.0 Å². The van der Waals surface area contributed by atoms with Crippen LogP contribution in [0, 0.1) is 6.92 Å². The van der Waals surface area contributed by atoms with Crippen LogP contribution in [0.1, 0.15) is 28.8 Å². The Kier molecular flexibility index (Phi) is 5.43. The van der Waals surface area contributed by atoms with E-state index in [1.54, 1.807) is 24.0 Å². The van der Waals surface area contributed by atoms with Crippen molar-refractivity contribution in [3.8, 4) is 0 Å². The van der Waals surface area contributed by atoms with Crippen molar-refractivity contribution in [1.29, 1.82) is 0 Å². The molecule has 2 N–H and O–H groups in total. The summed E-state index contributed by atoms with van der Waals surface area (Å²) in [6.45, 7) is 4.30. The zero-order valence-corrected chi connectivity index (χ0v) is 15.3. The van der Waals surface area contributed by atoms with Crippen LogP contribution in [0.2, 0.25) is 0 Å². The highest BCUT2D eigenvalue weighted by molar-refractivity contribution is 7.89. The van der Waals surface area contributed by atoms with Crippen LogP contribution >= 0.6 is 0 Å². The fourth-order valence-electron chi connectivity index (χ4n) is 3.45. The molecule has 2 heterocycles. The molecule has 0 saturated carbocycles. The van der Waals surface area contributed by atoms with Crippen LogP contribution in [0.5, 0.6) is 0 Å². The van der Waals surface area contributed by atoms with Crippen LogP contribution in [-0.2, 0) is 14.8 Å². The Bertz CT molecular complexity index is 744. The first kappa shape index (κ1) is 18.3. The van der Waals surface area contributed by atoms with E-state index in [1.807, 2.05) is 0 Å². The monoisotopic (exact) mass is 367 g/mol. The van der Waals surface area contributed by atoms with Crippen molar-refractivity contribution >= 4 is 15.9 Å². The van der Waals surface area contributed by atoms with Gasteiger partial charge in [0.1, 0.15) is 0 Å². The molecular weight excluding hydrogens is 342 g/mol. The normalized spacial score (nSPS) is 22.3. The first-order valence-electron chi connectivity index (χ1n) is 8.64. The molecule has 1 aromatic rings. The zero-order valence-electron chi connectivity index (χ0n) is 14.5. The molecule has 0 radical (unpaired) electrons. The van der Waals surface area contributed by atoms with Gasteiger partial charge in [-0.3, -0.25) is 4.79 Å². The van der Waals surface area contributed by atoms with E-state index >= 15 is 0 Å². The number of carbonyl (C=O) groups is 1. The number of hydrogen-bond acceptors (Lipinski definition) is 5. The third kappa shape index (κ3) is 3.57. The first-order chi connectivity index (χ1) is 11.9. The van der Waals surface area contributed by atoms with Gasteiger partial charge in [-0.1, -0.05) is 6.07 Å². The molecule has 138 valence electrons. The Morgan fingerprint density at radius 2 is 2.00 bits per heavy atom. The van der Waals surface area contributed by atoms with E-state index < -0.39 is 10.0 Å². The van der Waals surface area contributed by atoms with Gasteiger partial charge >= 0.3 is 0 Å². The summed E-state index contributed by atoms with van der Waals surface area (Å²) in [7, 11) is -3.63. The fraction of sp³-hybridized carbons (Fsp3) is 0.588. The van der Waals surface area contributed by atoms with Crippen molar-refractivity contribution in [2.24, 2.45) is 5.73 Å². The summed E-state index contributed by atoms with van der Waals surface area (Å²) >= 11 is 0. The maximum atomic E-state index is 13.0. The van der Waals surface area contributed by atoms with Gasteiger partial charge in [0, 0.05) is 37.8 Å². The molecule has 0 bridgehead atoms. The number of morpholine rings is 1. The van der Waals surface area contributed by atoms with Gasteiger partial charge in [-0.15, -0.1) is 0 Å². The predicted octanol–water partition coefficient (Wildman–Crippen LogP) is 0.579. The van der Waals surface area contributed by atoms with Crippen molar-refractivity contribution < 1.29 is 17.9 Å². The number of hydrogen-bond donors (Lipinski definition) is 1. The summed E-state index contributed by atoms with van der Waals surface area (Å²) in [4.78, 5) is 14.8. The molecule has 1 amide bonds. The van der Waals surface area contributed by atoms with Crippen molar-refractivity contribution in [2.45, 2.75) is 30.7 Å². The van der Waals surface area contributed by atoms with Crippen LogP contribution in [0.3, 0.4) is 0 Å². The second-order valence-electron chi connectivity index (χ2n) is 6.53. The lowest BCUT2D eigenvalue weighted by atomic mass is 10.1. The largest absolute Gasteiger partial charge is 0.379 e. The topological polar surface area (TPSA) is 92.9 Å². The number of nitrogens with zero attached hydrogens (tertiary/aromatic N) is 2. The van der Waals surface area contributed by atoms with Gasteiger partial charge in [-0.05, 0) is 37.5 Å². The number of amides is 1. The summed E-state index contributed by atoms with van der Waals surface area (Å²) in [6, 6.07) is 4.94. The molecule has 0 aliphatic carbocycles.